The molecule has 8 heteroatoms. The number of halogens is 1. The van der Waals surface area contributed by atoms with E-state index in [1.165, 1.54) is 27.3 Å². The standard InChI is InChI=1S/C15H18FN3O3S/c1-11-9-18(10-12(2)22-11)23(20,21)13-4-5-15(14(16)8-13)19-7-3-6-17-19/h3-8,11-12H,9-10H2,1-2H3/t11-,12-/m1/s1. The number of aromatic nitrogens is 2. The number of ether oxygens (including phenoxy) is 1. The molecule has 1 aliphatic rings. The first-order valence-corrected chi connectivity index (χ1v) is 8.77. The van der Waals surface area contributed by atoms with Gasteiger partial charge in [-0.3, -0.25) is 0 Å². The van der Waals surface area contributed by atoms with Crippen LogP contribution in [-0.4, -0.2) is 47.8 Å². The quantitative estimate of drug-likeness (QED) is 0.855. The van der Waals surface area contributed by atoms with Crippen LogP contribution in [0.4, 0.5) is 4.39 Å². The van der Waals surface area contributed by atoms with Crippen molar-refractivity contribution in [3.05, 3.63) is 42.5 Å². The van der Waals surface area contributed by atoms with Crippen LogP contribution in [0.5, 0.6) is 0 Å². The molecule has 1 fully saturated rings. The lowest BCUT2D eigenvalue weighted by Crippen LogP contribution is -2.48. The van der Waals surface area contributed by atoms with Crippen molar-refractivity contribution in [2.45, 2.75) is 31.0 Å². The van der Waals surface area contributed by atoms with E-state index in [1.54, 1.807) is 12.3 Å². The SMILES string of the molecule is C[C@@H]1CN(S(=O)(=O)c2ccc(-n3cccn3)c(F)c2)C[C@@H](C)O1. The summed E-state index contributed by atoms with van der Waals surface area (Å²) in [6.45, 7) is 4.16. The summed E-state index contributed by atoms with van der Waals surface area (Å²) >= 11 is 0. The normalized spacial score (nSPS) is 23.1. The molecule has 3 rings (SSSR count). The van der Waals surface area contributed by atoms with Crippen molar-refractivity contribution >= 4 is 10.0 Å². The lowest BCUT2D eigenvalue weighted by Gasteiger charge is -2.34. The number of nitrogens with zero attached hydrogens (tertiary/aromatic N) is 3. The van der Waals surface area contributed by atoms with Crippen molar-refractivity contribution < 1.29 is 17.5 Å². The fourth-order valence-corrected chi connectivity index (χ4v) is 4.32. The topological polar surface area (TPSA) is 64.4 Å². The maximum Gasteiger partial charge on any atom is 0.243 e. The first-order valence-electron chi connectivity index (χ1n) is 7.33. The van der Waals surface area contributed by atoms with Crippen LogP contribution in [0.1, 0.15) is 13.8 Å². The molecule has 0 saturated carbocycles. The van der Waals surface area contributed by atoms with E-state index in [-0.39, 0.29) is 35.9 Å². The van der Waals surface area contributed by atoms with Gasteiger partial charge in [-0.15, -0.1) is 0 Å². The van der Waals surface area contributed by atoms with Crippen LogP contribution >= 0.6 is 0 Å². The monoisotopic (exact) mass is 339 g/mol. The van der Waals surface area contributed by atoms with Crippen LogP contribution < -0.4 is 0 Å². The van der Waals surface area contributed by atoms with E-state index >= 15 is 0 Å². The Labute approximate surface area is 134 Å². The van der Waals surface area contributed by atoms with Crippen molar-refractivity contribution in [1.82, 2.24) is 14.1 Å². The lowest BCUT2D eigenvalue weighted by molar-refractivity contribution is -0.0440. The first-order chi connectivity index (χ1) is 10.9. The van der Waals surface area contributed by atoms with Gasteiger partial charge in [-0.25, -0.2) is 17.5 Å². The third-order valence-corrected chi connectivity index (χ3v) is 5.52. The predicted octanol–water partition coefficient (Wildman–Crippen LogP) is 1.81. The molecule has 1 aromatic heterocycles. The van der Waals surface area contributed by atoms with Gasteiger partial charge in [-0.1, -0.05) is 0 Å². The van der Waals surface area contributed by atoms with Gasteiger partial charge in [0.1, 0.15) is 11.5 Å². The number of morpholine rings is 1. The van der Waals surface area contributed by atoms with Crippen LogP contribution in [0.3, 0.4) is 0 Å². The van der Waals surface area contributed by atoms with Gasteiger partial charge in [0.2, 0.25) is 10.0 Å². The Morgan fingerprint density at radius 2 is 1.96 bits per heavy atom. The predicted molar refractivity (Wildman–Crippen MR) is 82.3 cm³/mol. The molecule has 0 radical (unpaired) electrons. The maximum atomic E-state index is 14.3. The summed E-state index contributed by atoms with van der Waals surface area (Å²) in [5, 5.41) is 3.95. The van der Waals surface area contributed by atoms with E-state index in [9.17, 15) is 12.8 Å². The molecule has 1 saturated heterocycles. The number of hydrogen-bond acceptors (Lipinski definition) is 4. The third-order valence-electron chi connectivity index (χ3n) is 3.69. The van der Waals surface area contributed by atoms with Crippen molar-refractivity contribution in [3.63, 3.8) is 0 Å². The Morgan fingerprint density at radius 1 is 1.26 bits per heavy atom. The molecule has 2 heterocycles. The molecule has 23 heavy (non-hydrogen) atoms. The summed E-state index contributed by atoms with van der Waals surface area (Å²) in [6, 6.07) is 5.53. The van der Waals surface area contributed by atoms with Crippen molar-refractivity contribution in [2.24, 2.45) is 0 Å². The second-order valence-corrected chi connectivity index (χ2v) is 7.58. The highest BCUT2D eigenvalue weighted by Crippen LogP contribution is 2.23. The molecule has 0 amide bonds. The summed E-state index contributed by atoms with van der Waals surface area (Å²) in [6.07, 6.45) is 2.74. The van der Waals surface area contributed by atoms with Gasteiger partial charge in [0.25, 0.3) is 0 Å². The van der Waals surface area contributed by atoms with Gasteiger partial charge >= 0.3 is 0 Å². The largest absolute Gasteiger partial charge is 0.373 e. The lowest BCUT2D eigenvalue weighted by atomic mass is 10.3. The zero-order valence-electron chi connectivity index (χ0n) is 12.9. The highest BCUT2D eigenvalue weighted by Gasteiger charge is 2.32. The van der Waals surface area contributed by atoms with Gasteiger partial charge < -0.3 is 4.74 Å². The fraction of sp³-hybridized carbons (Fsp3) is 0.400. The minimum absolute atomic E-state index is 0.0628. The van der Waals surface area contributed by atoms with E-state index in [0.29, 0.717) is 0 Å². The molecular formula is C15H18FN3O3S. The van der Waals surface area contributed by atoms with E-state index in [2.05, 4.69) is 5.10 Å². The highest BCUT2D eigenvalue weighted by atomic mass is 32.2. The molecule has 6 nitrogen and oxygen atoms in total. The molecule has 0 spiro atoms. The Hall–Kier alpha value is -1.77. The molecule has 1 aromatic carbocycles. The van der Waals surface area contributed by atoms with Crippen LogP contribution in [0.15, 0.2) is 41.6 Å². The van der Waals surface area contributed by atoms with Crippen molar-refractivity contribution in [1.29, 1.82) is 0 Å². The zero-order chi connectivity index (χ0) is 16.6. The molecule has 1 aliphatic heterocycles. The van der Waals surface area contributed by atoms with Gasteiger partial charge in [-0.2, -0.15) is 9.40 Å². The molecule has 0 unspecified atom stereocenters. The summed E-state index contributed by atoms with van der Waals surface area (Å²) in [4.78, 5) is -0.0628. The number of rotatable bonds is 3. The Morgan fingerprint density at radius 3 is 2.52 bits per heavy atom. The van der Waals surface area contributed by atoms with E-state index in [1.807, 2.05) is 13.8 Å². The van der Waals surface area contributed by atoms with E-state index in [0.717, 1.165) is 6.07 Å². The summed E-state index contributed by atoms with van der Waals surface area (Å²) < 4.78 is 48.0. The number of hydrogen-bond donors (Lipinski definition) is 0. The molecule has 0 aliphatic carbocycles. The van der Waals surface area contributed by atoms with Crippen LogP contribution in [0.25, 0.3) is 5.69 Å². The fourth-order valence-electron chi connectivity index (χ4n) is 2.72. The summed E-state index contributed by atoms with van der Waals surface area (Å²) in [5.41, 5.74) is 0.206. The van der Waals surface area contributed by atoms with Gasteiger partial charge in [0.05, 0.1) is 17.1 Å². The Balaban J connectivity index is 1.93. The van der Waals surface area contributed by atoms with Gasteiger partial charge in [0, 0.05) is 25.5 Å². The second kappa shape index (κ2) is 6.03. The molecule has 0 bridgehead atoms. The third kappa shape index (κ3) is 3.15. The van der Waals surface area contributed by atoms with Gasteiger partial charge in [-0.05, 0) is 38.1 Å². The second-order valence-electron chi connectivity index (χ2n) is 5.64. The summed E-state index contributed by atoms with van der Waals surface area (Å²) in [7, 11) is -3.75. The van der Waals surface area contributed by atoms with Crippen LogP contribution in [-0.2, 0) is 14.8 Å². The zero-order valence-corrected chi connectivity index (χ0v) is 13.7. The Kier molecular flexibility index (Phi) is 4.22. The molecule has 2 atom stereocenters. The van der Waals surface area contributed by atoms with Crippen LogP contribution in [0.2, 0.25) is 0 Å². The van der Waals surface area contributed by atoms with Crippen molar-refractivity contribution in [2.75, 3.05) is 13.1 Å². The average Bonchev–Trinajstić information content (AvgIpc) is 3.00. The van der Waals surface area contributed by atoms with E-state index < -0.39 is 15.8 Å². The number of sulfonamides is 1. The maximum absolute atomic E-state index is 14.3. The van der Waals surface area contributed by atoms with Crippen molar-refractivity contribution in [3.8, 4) is 5.69 Å². The van der Waals surface area contributed by atoms with Crippen LogP contribution in [0, 0.1) is 5.82 Å². The molecule has 0 N–H and O–H groups in total. The number of benzene rings is 1. The molecule has 2 aromatic rings. The molecular weight excluding hydrogens is 321 g/mol. The highest BCUT2D eigenvalue weighted by molar-refractivity contribution is 7.89. The van der Waals surface area contributed by atoms with Gasteiger partial charge in [0.15, 0.2) is 0 Å². The molecule has 124 valence electrons. The summed E-state index contributed by atoms with van der Waals surface area (Å²) in [5.74, 6) is -0.635. The minimum atomic E-state index is -3.75. The minimum Gasteiger partial charge on any atom is -0.373 e. The first kappa shape index (κ1) is 16.1. The van der Waals surface area contributed by atoms with E-state index in [4.69, 9.17) is 4.74 Å². The smallest absolute Gasteiger partial charge is 0.243 e. The average molecular weight is 339 g/mol. The Bertz CT molecular complexity index is 782.